The van der Waals surface area contributed by atoms with Crippen molar-refractivity contribution in [3.8, 4) is 23.5 Å². The second kappa shape index (κ2) is 10.4. The normalized spacial score (nSPS) is 17.9. The Kier molecular flexibility index (Phi) is 6.89. The number of benzene rings is 2. The van der Waals surface area contributed by atoms with E-state index >= 15 is 0 Å². The van der Waals surface area contributed by atoms with Gasteiger partial charge in [-0.1, -0.05) is 24.3 Å². The van der Waals surface area contributed by atoms with Crippen LogP contribution in [-0.2, 0) is 0 Å². The molecule has 0 spiro atoms. The minimum absolute atomic E-state index is 0.113. The largest absolute Gasteiger partial charge is 0.394 e. The number of carbonyl (C=O) groups excluding carboxylic acids is 1. The van der Waals surface area contributed by atoms with Gasteiger partial charge in [-0.15, -0.1) is 17.8 Å². The van der Waals surface area contributed by atoms with Crippen LogP contribution in [0.3, 0.4) is 0 Å². The molecule has 1 aromatic heterocycles. The smallest absolute Gasteiger partial charge is 0.323 e. The molecular formula is C27H29N5O2S. The van der Waals surface area contributed by atoms with E-state index < -0.39 is 0 Å². The summed E-state index contributed by atoms with van der Waals surface area (Å²) in [5.41, 5.74) is 4.77. The van der Waals surface area contributed by atoms with Gasteiger partial charge in [-0.2, -0.15) is 0 Å². The summed E-state index contributed by atoms with van der Waals surface area (Å²) in [5.74, 6) is 2.91. The van der Waals surface area contributed by atoms with E-state index in [1.165, 1.54) is 41.0 Å². The van der Waals surface area contributed by atoms with Crippen LogP contribution >= 0.6 is 11.3 Å². The Morgan fingerprint density at radius 1 is 1.06 bits per heavy atom. The third kappa shape index (κ3) is 5.11. The maximum absolute atomic E-state index is 12.8. The van der Waals surface area contributed by atoms with Crippen LogP contribution in [-0.4, -0.2) is 66.4 Å². The number of thiazole rings is 1. The third-order valence-electron chi connectivity index (χ3n) is 6.70. The summed E-state index contributed by atoms with van der Waals surface area (Å²) < 4.78 is 0. The fourth-order valence-corrected chi connectivity index (χ4v) is 5.37. The molecule has 35 heavy (non-hydrogen) atoms. The molecule has 0 bridgehead atoms. The van der Waals surface area contributed by atoms with E-state index in [2.05, 4.69) is 74.6 Å². The second-order valence-corrected chi connectivity index (χ2v) is 9.74. The fourth-order valence-electron chi connectivity index (χ4n) is 4.81. The summed E-state index contributed by atoms with van der Waals surface area (Å²) in [7, 11) is 0. The van der Waals surface area contributed by atoms with E-state index in [9.17, 15) is 9.90 Å². The average molecular weight is 488 g/mol. The van der Waals surface area contributed by atoms with Crippen molar-refractivity contribution < 1.29 is 9.90 Å². The molecule has 3 aromatic rings. The molecule has 2 saturated heterocycles. The maximum atomic E-state index is 12.8. The van der Waals surface area contributed by atoms with Crippen molar-refractivity contribution >= 4 is 34.6 Å². The molecule has 5 rings (SSSR count). The zero-order valence-corrected chi connectivity index (χ0v) is 20.4. The number of nitrogens with zero attached hydrogens (tertiary/aromatic N) is 4. The molecule has 180 valence electrons. The highest BCUT2D eigenvalue weighted by atomic mass is 32.1. The molecule has 2 N–H and O–H groups in total. The number of hydrogen-bond donors (Lipinski definition) is 2. The van der Waals surface area contributed by atoms with E-state index in [0.29, 0.717) is 30.5 Å². The molecule has 2 aliphatic heterocycles. The van der Waals surface area contributed by atoms with Gasteiger partial charge in [0.05, 0.1) is 12.6 Å². The Morgan fingerprint density at radius 2 is 1.86 bits per heavy atom. The van der Waals surface area contributed by atoms with Gasteiger partial charge in [-0.25, -0.2) is 9.78 Å². The van der Waals surface area contributed by atoms with Crippen LogP contribution < -0.4 is 15.1 Å². The standard InChI is InChI=1S/C27H29N5O2S/c1-2-26-28-25(19-35-26)29-27(34)32-15-14-31(17-24(32)18-33)22-10-8-20(9-11-22)21-6-5-7-23(16-21)30-12-3-4-13-30/h1,5-11,16,19,24,33H,3-4,12-15,17-18H2,(H,29,34)/t24-/m1/s1. The summed E-state index contributed by atoms with van der Waals surface area (Å²) in [6.07, 6.45) is 7.89. The topological polar surface area (TPSA) is 71.9 Å². The summed E-state index contributed by atoms with van der Waals surface area (Å²) >= 11 is 1.31. The van der Waals surface area contributed by atoms with Crippen molar-refractivity contribution in [3.05, 3.63) is 58.9 Å². The molecule has 2 fully saturated rings. The van der Waals surface area contributed by atoms with Crippen molar-refractivity contribution in [2.45, 2.75) is 18.9 Å². The first-order chi connectivity index (χ1) is 17.1. The molecule has 2 aliphatic rings. The molecule has 0 unspecified atom stereocenters. The lowest BCUT2D eigenvalue weighted by Gasteiger charge is -2.41. The monoisotopic (exact) mass is 487 g/mol. The SMILES string of the molecule is C#Cc1nc(NC(=O)N2CCN(c3ccc(-c4cccc(N5CCCC5)c4)cc3)C[C@@H]2CO)cs1. The second-order valence-electron chi connectivity index (χ2n) is 8.88. The summed E-state index contributed by atoms with van der Waals surface area (Å²) in [6.45, 7) is 3.89. The molecule has 8 heteroatoms. The number of hydrogen-bond acceptors (Lipinski definition) is 6. The number of nitrogens with one attached hydrogen (secondary N) is 1. The minimum atomic E-state index is -0.314. The molecule has 3 heterocycles. The van der Waals surface area contributed by atoms with Crippen molar-refractivity contribution in [1.29, 1.82) is 0 Å². The van der Waals surface area contributed by atoms with Gasteiger partial charge in [0.25, 0.3) is 0 Å². The first-order valence-electron chi connectivity index (χ1n) is 12.0. The number of aliphatic hydroxyl groups excluding tert-OH is 1. The molecule has 0 radical (unpaired) electrons. The molecule has 1 atom stereocenters. The van der Waals surface area contributed by atoms with Crippen LogP contribution in [0, 0.1) is 12.3 Å². The van der Waals surface area contributed by atoms with E-state index in [1.54, 1.807) is 10.3 Å². The van der Waals surface area contributed by atoms with Crippen LogP contribution in [0.1, 0.15) is 17.8 Å². The van der Waals surface area contributed by atoms with E-state index in [-0.39, 0.29) is 18.7 Å². The van der Waals surface area contributed by atoms with Crippen molar-refractivity contribution in [1.82, 2.24) is 9.88 Å². The van der Waals surface area contributed by atoms with Crippen molar-refractivity contribution in [2.24, 2.45) is 0 Å². The van der Waals surface area contributed by atoms with Crippen LogP contribution in [0.25, 0.3) is 11.1 Å². The Hall–Kier alpha value is -3.54. The lowest BCUT2D eigenvalue weighted by atomic mass is 10.0. The Bertz CT molecular complexity index is 1210. The zero-order chi connectivity index (χ0) is 24.2. The van der Waals surface area contributed by atoms with Gasteiger partial charge in [-0.3, -0.25) is 5.32 Å². The average Bonchev–Trinajstić information content (AvgIpc) is 3.61. The first-order valence-corrected chi connectivity index (χ1v) is 12.8. The predicted molar refractivity (Wildman–Crippen MR) is 142 cm³/mol. The molecular weight excluding hydrogens is 458 g/mol. The molecule has 2 amide bonds. The number of aromatic nitrogens is 1. The molecule has 0 aliphatic carbocycles. The maximum Gasteiger partial charge on any atom is 0.323 e. The number of carbonyl (C=O) groups is 1. The van der Waals surface area contributed by atoms with Crippen LogP contribution in [0.5, 0.6) is 0 Å². The first kappa shape index (κ1) is 23.2. The quantitative estimate of drug-likeness (QED) is 0.530. The van der Waals surface area contributed by atoms with Gasteiger partial charge in [0.2, 0.25) is 0 Å². The van der Waals surface area contributed by atoms with E-state index in [0.717, 1.165) is 18.8 Å². The Morgan fingerprint density at radius 3 is 2.57 bits per heavy atom. The Balaban J connectivity index is 1.24. The number of aliphatic hydroxyl groups is 1. The predicted octanol–water partition coefficient (Wildman–Crippen LogP) is 4.11. The number of anilines is 3. The highest BCUT2D eigenvalue weighted by Crippen LogP contribution is 2.29. The van der Waals surface area contributed by atoms with Crippen LogP contribution in [0.2, 0.25) is 0 Å². The number of amides is 2. The fraction of sp³-hybridized carbons (Fsp3) is 0.333. The number of terminal acetylenes is 1. The lowest BCUT2D eigenvalue weighted by molar-refractivity contribution is 0.132. The van der Waals surface area contributed by atoms with Crippen molar-refractivity contribution in [2.75, 3.05) is 54.4 Å². The highest BCUT2D eigenvalue weighted by Gasteiger charge is 2.30. The Labute approximate surface area is 210 Å². The summed E-state index contributed by atoms with van der Waals surface area (Å²) in [6, 6.07) is 16.7. The van der Waals surface area contributed by atoms with Gasteiger partial charge in [0, 0.05) is 49.5 Å². The van der Waals surface area contributed by atoms with Gasteiger partial charge in [0.15, 0.2) is 5.01 Å². The highest BCUT2D eigenvalue weighted by molar-refractivity contribution is 7.10. The van der Waals surface area contributed by atoms with E-state index in [4.69, 9.17) is 6.42 Å². The number of urea groups is 1. The zero-order valence-electron chi connectivity index (χ0n) is 19.6. The number of rotatable bonds is 5. The summed E-state index contributed by atoms with van der Waals surface area (Å²) in [5, 5.41) is 15.0. The summed E-state index contributed by atoms with van der Waals surface area (Å²) in [4.78, 5) is 23.3. The van der Waals surface area contributed by atoms with Gasteiger partial charge in [0.1, 0.15) is 5.82 Å². The lowest BCUT2D eigenvalue weighted by Crippen LogP contribution is -2.57. The molecule has 7 nitrogen and oxygen atoms in total. The van der Waals surface area contributed by atoms with Crippen LogP contribution in [0.15, 0.2) is 53.9 Å². The van der Waals surface area contributed by atoms with Gasteiger partial charge in [-0.05, 0) is 54.2 Å². The minimum Gasteiger partial charge on any atom is -0.394 e. The number of piperazine rings is 1. The van der Waals surface area contributed by atoms with Gasteiger partial charge >= 0.3 is 6.03 Å². The molecule has 2 aromatic carbocycles. The van der Waals surface area contributed by atoms with Crippen molar-refractivity contribution in [3.63, 3.8) is 0 Å². The van der Waals surface area contributed by atoms with Gasteiger partial charge < -0.3 is 19.8 Å². The third-order valence-corrected chi connectivity index (χ3v) is 7.47. The van der Waals surface area contributed by atoms with E-state index in [1.807, 2.05) is 0 Å². The molecule has 0 saturated carbocycles. The van der Waals surface area contributed by atoms with Crippen LogP contribution in [0.4, 0.5) is 22.0 Å².